The van der Waals surface area contributed by atoms with Crippen LogP contribution in [0.1, 0.15) is 27.0 Å². The van der Waals surface area contributed by atoms with Crippen molar-refractivity contribution < 1.29 is 14.7 Å². The third-order valence-corrected chi connectivity index (χ3v) is 6.55. The Kier molecular flexibility index (Phi) is 6.91. The van der Waals surface area contributed by atoms with E-state index in [1.54, 1.807) is 18.3 Å². The molecule has 0 bridgehead atoms. The maximum Gasteiger partial charge on any atom is 0.326 e. The van der Waals surface area contributed by atoms with Gasteiger partial charge in [0.05, 0.1) is 0 Å². The number of fused-ring (bicyclic) bond motifs is 1. The van der Waals surface area contributed by atoms with Gasteiger partial charge < -0.3 is 15.7 Å². The van der Waals surface area contributed by atoms with Crippen molar-refractivity contribution in [3.8, 4) is 11.3 Å². The number of para-hydroxylation sites is 1. The number of anilines is 2. The van der Waals surface area contributed by atoms with Gasteiger partial charge in [0, 0.05) is 29.4 Å². The van der Waals surface area contributed by atoms with Gasteiger partial charge in [-0.3, -0.25) is 9.20 Å². The molecule has 38 heavy (non-hydrogen) atoms. The molecule has 0 aliphatic rings. The number of carboxylic acids is 1. The molecule has 190 valence electrons. The van der Waals surface area contributed by atoms with Crippen LogP contribution in [-0.4, -0.2) is 32.4 Å². The summed E-state index contributed by atoms with van der Waals surface area (Å²) in [5.41, 5.74) is 6.63. The average Bonchev–Trinajstić information content (AvgIpc) is 3.29. The fourth-order valence-electron chi connectivity index (χ4n) is 4.52. The Bertz CT molecular complexity index is 1590. The number of nitrogens with zero attached hydrogens (tertiary/aromatic N) is 2. The summed E-state index contributed by atoms with van der Waals surface area (Å²) in [5, 5.41) is 16.0. The molecule has 1 atom stereocenters. The molecule has 1 amide bonds. The predicted octanol–water partition coefficient (Wildman–Crippen LogP) is 5.79. The molecule has 2 heterocycles. The van der Waals surface area contributed by atoms with Crippen LogP contribution >= 0.6 is 0 Å². The second-order valence-electron chi connectivity index (χ2n) is 9.26. The largest absolute Gasteiger partial charge is 0.480 e. The number of amides is 1. The molecule has 0 spiro atoms. The van der Waals surface area contributed by atoms with Crippen LogP contribution in [0.5, 0.6) is 0 Å². The minimum absolute atomic E-state index is 0.190. The molecule has 0 aliphatic carbocycles. The van der Waals surface area contributed by atoms with Crippen LogP contribution in [0.15, 0.2) is 97.2 Å². The lowest BCUT2D eigenvalue weighted by Crippen LogP contribution is -2.42. The fraction of sp³-hybridized carbons (Fsp3) is 0.129. The summed E-state index contributed by atoms with van der Waals surface area (Å²) >= 11 is 0. The van der Waals surface area contributed by atoms with Gasteiger partial charge in [-0.1, -0.05) is 78.9 Å². The van der Waals surface area contributed by atoms with Crippen LogP contribution in [0.25, 0.3) is 16.9 Å². The van der Waals surface area contributed by atoms with E-state index in [1.165, 1.54) is 0 Å². The minimum atomic E-state index is -1.09. The highest BCUT2D eigenvalue weighted by Gasteiger charge is 2.22. The Balaban J connectivity index is 1.50. The van der Waals surface area contributed by atoms with Crippen LogP contribution < -0.4 is 10.6 Å². The number of aliphatic carboxylic acids is 1. The Hall–Kier alpha value is -4.91. The summed E-state index contributed by atoms with van der Waals surface area (Å²) in [6.07, 6.45) is 1.97. The summed E-state index contributed by atoms with van der Waals surface area (Å²) < 4.78 is 1.91. The summed E-state index contributed by atoms with van der Waals surface area (Å²) in [6.45, 7) is 4.11. The number of hydrogen-bond donors (Lipinski definition) is 3. The van der Waals surface area contributed by atoms with Crippen molar-refractivity contribution in [1.29, 1.82) is 0 Å². The number of imidazole rings is 1. The second-order valence-corrected chi connectivity index (χ2v) is 9.26. The molecule has 0 saturated heterocycles. The highest BCUT2D eigenvalue weighted by molar-refractivity contribution is 5.97. The molecule has 0 saturated carbocycles. The van der Waals surface area contributed by atoms with Crippen molar-refractivity contribution in [2.75, 3.05) is 5.32 Å². The van der Waals surface area contributed by atoms with E-state index in [-0.39, 0.29) is 6.42 Å². The topological polar surface area (TPSA) is 95.7 Å². The van der Waals surface area contributed by atoms with Crippen molar-refractivity contribution in [3.05, 3.63) is 119 Å². The van der Waals surface area contributed by atoms with Crippen molar-refractivity contribution in [3.63, 3.8) is 0 Å². The van der Waals surface area contributed by atoms with Crippen molar-refractivity contribution >= 4 is 29.0 Å². The number of aromatic nitrogens is 2. The van der Waals surface area contributed by atoms with Crippen LogP contribution in [0.2, 0.25) is 0 Å². The molecular formula is C31H28N4O3. The maximum atomic E-state index is 13.1. The van der Waals surface area contributed by atoms with Gasteiger partial charge >= 0.3 is 5.97 Å². The molecule has 7 nitrogen and oxygen atoms in total. The number of carbonyl (C=O) groups is 2. The molecule has 0 aliphatic heterocycles. The fourth-order valence-corrected chi connectivity index (χ4v) is 4.52. The molecule has 0 fully saturated rings. The van der Waals surface area contributed by atoms with E-state index < -0.39 is 17.9 Å². The maximum absolute atomic E-state index is 13.1. The van der Waals surface area contributed by atoms with Gasteiger partial charge in [-0.2, -0.15) is 0 Å². The second kappa shape index (κ2) is 10.6. The van der Waals surface area contributed by atoms with Gasteiger partial charge in [-0.05, 0) is 42.7 Å². The zero-order valence-corrected chi connectivity index (χ0v) is 21.2. The van der Waals surface area contributed by atoms with Crippen LogP contribution in [0, 0.1) is 13.8 Å². The quantitative estimate of drug-likeness (QED) is 0.249. The molecule has 2 aromatic heterocycles. The smallest absolute Gasteiger partial charge is 0.326 e. The van der Waals surface area contributed by atoms with Crippen LogP contribution in [-0.2, 0) is 11.2 Å². The Morgan fingerprint density at radius 2 is 1.55 bits per heavy atom. The molecular weight excluding hydrogens is 476 g/mol. The average molecular weight is 505 g/mol. The van der Waals surface area contributed by atoms with Gasteiger partial charge in [-0.15, -0.1) is 0 Å². The highest BCUT2D eigenvalue weighted by atomic mass is 16.4. The molecule has 3 aromatic carbocycles. The van der Waals surface area contributed by atoms with Crippen LogP contribution in [0.4, 0.5) is 11.5 Å². The van der Waals surface area contributed by atoms with Crippen molar-refractivity contribution in [2.24, 2.45) is 0 Å². The van der Waals surface area contributed by atoms with E-state index in [4.69, 9.17) is 4.98 Å². The first-order valence-corrected chi connectivity index (χ1v) is 12.4. The van der Waals surface area contributed by atoms with Gasteiger partial charge in [0.2, 0.25) is 0 Å². The zero-order valence-electron chi connectivity index (χ0n) is 21.2. The lowest BCUT2D eigenvalue weighted by Gasteiger charge is -2.15. The van der Waals surface area contributed by atoms with Gasteiger partial charge in [0.25, 0.3) is 5.91 Å². The Morgan fingerprint density at radius 1 is 0.895 bits per heavy atom. The predicted molar refractivity (Wildman–Crippen MR) is 149 cm³/mol. The standard InChI is InChI=1S/C31H28N4O3/c1-20-10-9-11-21(2)27(20)34-29-28(23-14-7-4-8-15-23)33-26-19-24(16-17-35(26)29)30(36)32-25(31(37)38)18-22-12-5-3-6-13-22/h3-17,19,25,34H,18H2,1-2H3,(H,32,36)(H,37,38). The lowest BCUT2D eigenvalue weighted by molar-refractivity contribution is -0.139. The van der Waals surface area contributed by atoms with Crippen LogP contribution in [0.3, 0.4) is 0 Å². The zero-order chi connectivity index (χ0) is 26.6. The van der Waals surface area contributed by atoms with E-state index in [9.17, 15) is 14.7 Å². The number of pyridine rings is 1. The number of aryl methyl sites for hydroxylation is 2. The third kappa shape index (κ3) is 5.13. The van der Waals surface area contributed by atoms with Gasteiger partial charge in [0.15, 0.2) is 0 Å². The highest BCUT2D eigenvalue weighted by Crippen LogP contribution is 2.33. The van der Waals surface area contributed by atoms with E-state index in [1.807, 2.05) is 71.1 Å². The number of benzene rings is 3. The van der Waals surface area contributed by atoms with Gasteiger partial charge in [0.1, 0.15) is 23.2 Å². The normalized spacial score (nSPS) is 11.7. The molecule has 1 unspecified atom stereocenters. The number of nitrogens with one attached hydrogen (secondary N) is 2. The molecule has 7 heteroatoms. The van der Waals surface area contributed by atoms with E-state index in [0.717, 1.165) is 39.5 Å². The summed E-state index contributed by atoms with van der Waals surface area (Å²) in [7, 11) is 0. The van der Waals surface area contributed by atoms with E-state index in [2.05, 4.69) is 36.6 Å². The molecule has 5 aromatic rings. The SMILES string of the molecule is Cc1cccc(C)c1Nc1c(-c2ccccc2)nc2cc(C(=O)NC(Cc3ccccc3)C(=O)O)ccn12. The number of hydrogen-bond acceptors (Lipinski definition) is 4. The van der Waals surface area contributed by atoms with Gasteiger partial charge in [-0.25, -0.2) is 9.78 Å². The Labute approximate surface area is 220 Å². The number of carboxylic acid groups (broad SMARTS) is 1. The first kappa shape index (κ1) is 24.8. The minimum Gasteiger partial charge on any atom is -0.480 e. The summed E-state index contributed by atoms with van der Waals surface area (Å²) in [4.78, 5) is 29.9. The monoisotopic (exact) mass is 504 g/mol. The summed E-state index contributed by atoms with van der Waals surface area (Å²) in [6, 6.07) is 27.5. The first-order valence-electron chi connectivity index (χ1n) is 12.4. The molecule has 3 N–H and O–H groups in total. The van der Waals surface area contributed by atoms with Crippen molar-refractivity contribution in [2.45, 2.75) is 26.3 Å². The molecule has 0 radical (unpaired) electrons. The lowest BCUT2D eigenvalue weighted by atomic mass is 10.1. The summed E-state index contributed by atoms with van der Waals surface area (Å²) in [5.74, 6) is -0.775. The number of carbonyl (C=O) groups excluding carboxylic acids is 1. The van der Waals surface area contributed by atoms with E-state index in [0.29, 0.717) is 11.2 Å². The molecule has 5 rings (SSSR count). The number of rotatable bonds is 8. The van der Waals surface area contributed by atoms with Crippen molar-refractivity contribution in [1.82, 2.24) is 14.7 Å². The van der Waals surface area contributed by atoms with E-state index >= 15 is 0 Å². The first-order chi connectivity index (χ1) is 18.4. The third-order valence-electron chi connectivity index (χ3n) is 6.55. The Morgan fingerprint density at radius 3 is 2.21 bits per heavy atom.